The van der Waals surface area contributed by atoms with Crippen LogP contribution in [-0.2, 0) is 9.53 Å². The number of primary amides is 1. The first-order chi connectivity index (χ1) is 10.9. The molecule has 0 aromatic rings. The number of carbonyl (C=O) groups is 2. The molecule has 1 rings (SSSR count). The first-order valence-corrected chi connectivity index (χ1v) is 8.27. The molecule has 0 atom stereocenters. The number of hydrogen-bond acceptors (Lipinski definition) is 4. The molecule has 0 radical (unpaired) electrons. The fraction of sp³-hybridized carbons (Fsp3) is 0.812. The van der Waals surface area contributed by atoms with E-state index in [0.29, 0.717) is 32.1 Å². The average molecular weight is 341 g/mol. The summed E-state index contributed by atoms with van der Waals surface area (Å²) in [6.45, 7) is 13.1. The number of amides is 2. The predicted octanol–water partition coefficient (Wildman–Crippen LogP) is 0.672. The van der Waals surface area contributed by atoms with Crippen LogP contribution in [-0.4, -0.2) is 60.7 Å². The highest BCUT2D eigenvalue weighted by atomic mass is 16.6. The number of likely N-dealkylation sites (tertiary alicyclic amines) is 1. The quantitative estimate of drug-likeness (QED) is 0.503. The average Bonchev–Trinajstić information content (AvgIpc) is 2.37. The number of guanidine groups is 1. The molecule has 8 heteroatoms. The van der Waals surface area contributed by atoms with Crippen molar-refractivity contribution < 1.29 is 14.3 Å². The van der Waals surface area contributed by atoms with Gasteiger partial charge in [0.15, 0.2) is 5.96 Å². The van der Waals surface area contributed by atoms with Gasteiger partial charge in [-0.05, 0) is 41.5 Å². The van der Waals surface area contributed by atoms with Gasteiger partial charge in [-0.1, -0.05) is 0 Å². The molecule has 1 saturated heterocycles. The Morgan fingerprint density at radius 3 is 2.29 bits per heavy atom. The van der Waals surface area contributed by atoms with Crippen LogP contribution in [0.15, 0.2) is 4.99 Å². The molecule has 1 heterocycles. The molecule has 0 aromatic heterocycles. The summed E-state index contributed by atoms with van der Waals surface area (Å²) in [5.41, 5.74) is 4.17. The molecule has 0 aliphatic carbocycles. The van der Waals surface area contributed by atoms with Gasteiger partial charge in [-0.2, -0.15) is 0 Å². The third-order valence-electron chi connectivity index (χ3n) is 3.52. The van der Waals surface area contributed by atoms with Gasteiger partial charge in [-0.25, -0.2) is 4.79 Å². The second kappa shape index (κ2) is 7.72. The van der Waals surface area contributed by atoms with Crippen molar-refractivity contribution in [1.29, 1.82) is 0 Å². The van der Waals surface area contributed by atoms with E-state index in [2.05, 4.69) is 15.6 Å². The summed E-state index contributed by atoms with van der Waals surface area (Å²) in [6.07, 6.45) is -0.308. The Morgan fingerprint density at radius 1 is 1.25 bits per heavy atom. The van der Waals surface area contributed by atoms with E-state index in [1.165, 1.54) is 0 Å². The second-order valence-electron chi connectivity index (χ2n) is 7.67. The van der Waals surface area contributed by atoms with E-state index >= 15 is 0 Å². The minimum absolute atomic E-state index is 0.104. The minimum Gasteiger partial charge on any atom is -0.444 e. The van der Waals surface area contributed by atoms with Crippen molar-refractivity contribution in [2.24, 2.45) is 16.1 Å². The van der Waals surface area contributed by atoms with Crippen LogP contribution in [0.5, 0.6) is 0 Å². The molecule has 1 fully saturated rings. The largest absolute Gasteiger partial charge is 0.444 e. The van der Waals surface area contributed by atoms with Crippen LogP contribution in [0.2, 0.25) is 0 Å². The third-order valence-corrected chi connectivity index (χ3v) is 3.52. The second-order valence-corrected chi connectivity index (χ2v) is 7.67. The number of hydrogen-bond donors (Lipinski definition) is 3. The molecule has 0 saturated carbocycles. The smallest absolute Gasteiger partial charge is 0.410 e. The van der Waals surface area contributed by atoms with Gasteiger partial charge < -0.3 is 26.0 Å². The van der Waals surface area contributed by atoms with Gasteiger partial charge in [-0.15, -0.1) is 0 Å². The fourth-order valence-corrected chi connectivity index (χ4v) is 1.91. The zero-order valence-corrected chi connectivity index (χ0v) is 15.6. The molecule has 0 spiro atoms. The van der Waals surface area contributed by atoms with Gasteiger partial charge in [0.25, 0.3) is 0 Å². The van der Waals surface area contributed by atoms with Gasteiger partial charge in [0.1, 0.15) is 5.60 Å². The molecule has 4 N–H and O–H groups in total. The van der Waals surface area contributed by atoms with Crippen molar-refractivity contribution in [3.63, 3.8) is 0 Å². The lowest BCUT2D eigenvalue weighted by Crippen LogP contribution is -2.63. The first-order valence-electron chi connectivity index (χ1n) is 8.27. The Hall–Kier alpha value is -1.99. The number of nitrogens with zero attached hydrogens (tertiary/aromatic N) is 2. The molecule has 8 nitrogen and oxygen atoms in total. The lowest BCUT2D eigenvalue weighted by Gasteiger charge is -2.40. The van der Waals surface area contributed by atoms with E-state index in [4.69, 9.17) is 10.5 Å². The Kier molecular flexibility index (Phi) is 6.45. The summed E-state index contributed by atoms with van der Waals surface area (Å²) in [5.74, 6) is 0.225. The number of carbonyl (C=O) groups excluding carboxylic acids is 2. The molecular weight excluding hydrogens is 310 g/mol. The van der Waals surface area contributed by atoms with E-state index in [1.54, 1.807) is 18.7 Å². The molecule has 24 heavy (non-hydrogen) atoms. The van der Waals surface area contributed by atoms with Crippen LogP contribution in [0.1, 0.15) is 41.5 Å². The Bertz CT molecular complexity index is 490. The molecule has 2 amide bonds. The summed E-state index contributed by atoms with van der Waals surface area (Å²) >= 11 is 0. The number of nitrogens with two attached hydrogens (primary N) is 1. The Morgan fingerprint density at radius 2 is 1.83 bits per heavy atom. The van der Waals surface area contributed by atoms with Crippen molar-refractivity contribution in [3.8, 4) is 0 Å². The summed E-state index contributed by atoms with van der Waals surface area (Å²) < 4.78 is 5.32. The molecule has 0 aromatic carbocycles. The minimum atomic E-state index is -0.704. The van der Waals surface area contributed by atoms with Crippen molar-refractivity contribution in [2.75, 3.05) is 26.2 Å². The van der Waals surface area contributed by atoms with Crippen molar-refractivity contribution >= 4 is 18.0 Å². The highest BCUT2D eigenvalue weighted by Crippen LogP contribution is 2.16. The maximum Gasteiger partial charge on any atom is 0.410 e. The maximum atomic E-state index is 11.9. The number of aliphatic imine (C=N–C) groups is 1. The van der Waals surface area contributed by atoms with E-state index < -0.39 is 11.0 Å². The van der Waals surface area contributed by atoms with Gasteiger partial charge in [0.2, 0.25) is 5.91 Å². The molecule has 138 valence electrons. The van der Waals surface area contributed by atoms with Crippen LogP contribution in [0, 0.1) is 5.41 Å². The van der Waals surface area contributed by atoms with Gasteiger partial charge >= 0.3 is 6.09 Å². The van der Waals surface area contributed by atoms with E-state index in [-0.39, 0.29) is 18.0 Å². The van der Waals surface area contributed by atoms with Gasteiger partial charge in [0, 0.05) is 19.6 Å². The predicted molar refractivity (Wildman–Crippen MR) is 93.7 cm³/mol. The number of rotatable bonds is 5. The highest BCUT2D eigenvalue weighted by molar-refractivity contribution is 5.83. The normalized spacial score (nSPS) is 16.4. The third kappa shape index (κ3) is 6.25. The molecule has 1 aliphatic rings. The van der Waals surface area contributed by atoms with E-state index in [1.807, 2.05) is 27.7 Å². The van der Waals surface area contributed by atoms with Crippen LogP contribution in [0.3, 0.4) is 0 Å². The van der Waals surface area contributed by atoms with Crippen LogP contribution >= 0.6 is 0 Å². The lowest BCUT2D eigenvalue weighted by atomic mass is 9.93. The molecule has 1 aliphatic heterocycles. The summed E-state index contributed by atoms with van der Waals surface area (Å²) in [7, 11) is 0. The van der Waals surface area contributed by atoms with Crippen molar-refractivity contribution in [1.82, 2.24) is 15.5 Å². The summed E-state index contributed by atoms with van der Waals surface area (Å²) in [4.78, 5) is 29.3. The van der Waals surface area contributed by atoms with Gasteiger partial charge in [-0.3, -0.25) is 9.79 Å². The van der Waals surface area contributed by atoms with Crippen LogP contribution in [0.25, 0.3) is 0 Å². The first kappa shape index (κ1) is 20.1. The Labute approximate surface area is 144 Å². The summed E-state index contributed by atoms with van der Waals surface area (Å²) in [6, 6.07) is 0.104. The maximum absolute atomic E-state index is 11.9. The lowest BCUT2D eigenvalue weighted by molar-refractivity contribution is -0.125. The highest BCUT2D eigenvalue weighted by Gasteiger charge is 2.34. The molecular formula is C16H31N5O3. The molecule has 0 unspecified atom stereocenters. The van der Waals surface area contributed by atoms with Crippen LogP contribution in [0.4, 0.5) is 4.79 Å². The zero-order valence-electron chi connectivity index (χ0n) is 15.6. The van der Waals surface area contributed by atoms with Crippen molar-refractivity contribution in [3.05, 3.63) is 0 Å². The fourth-order valence-electron chi connectivity index (χ4n) is 1.91. The number of ether oxygens (including phenoxy) is 1. The van der Waals surface area contributed by atoms with E-state index in [0.717, 1.165) is 0 Å². The van der Waals surface area contributed by atoms with Crippen LogP contribution < -0.4 is 16.4 Å². The van der Waals surface area contributed by atoms with E-state index in [9.17, 15) is 9.59 Å². The SMILES string of the molecule is CCNC(=NCC(C)(C)C(N)=O)NC1CN(C(=O)OC(C)(C)C)C1. The monoisotopic (exact) mass is 341 g/mol. The molecule has 0 bridgehead atoms. The standard InChI is InChI=1S/C16H31N5O3/c1-7-18-13(19-10-16(5,6)12(17)22)20-11-8-21(9-11)14(23)24-15(2,3)4/h11H,7-10H2,1-6H3,(H2,17,22)(H2,18,19,20). The topological polar surface area (TPSA) is 109 Å². The van der Waals surface area contributed by atoms with Gasteiger partial charge in [0.05, 0.1) is 18.0 Å². The Balaban J connectivity index is 2.51. The zero-order chi connectivity index (χ0) is 18.5. The number of nitrogens with one attached hydrogen (secondary N) is 2. The van der Waals surface area contributed by atoms with Crippen molar-refractivity contribution in [2.45, 2.75) is 53.2 Å². The summed E-state index contributed by atoms with van der Waals surface area (Å²) in [5, 5.41) is 6.38.